The number of piperidine rings is 1. The second-order valence-corrected chi connectivity index (χ2v) is 5.69. The highest BCUT2D eigenvalue weighted by Gasteiger charge is 2.39. The molecule has 3 aliphatic rings. The highest BCUT2D eigenvalue weighted by atomic mass is 16.5. The van der Waals surface area contributed by atoms with Gasteiger partial charge in [0, 0.05) is 32.1 Å². The summed E-state index contributed by atoms with van der Waals surface area (Å²) in [5, 5.41) is 0. The minimum absolute atomic E-state index is 0.264. The van der Waals surface area contributed by atoms with Crippen molar-refractivity contribution in [3.8, 4) is 0 Å². The van der Waals surface area contributed by atoms with Crippen LogP contribution in [0.5, 0.6) is 0 Å². The number of amides is 2. The number of nitrogens with zero attached hydrogens (tertiary/aromatic N) is 2. The predicted octanol–water partition coefficient (Wildman–Crippen LogP) is 1.70. The van der Waals surface area contributed by atoms with E-state index >= 15 is 0 Å². The van der Waals surface area contributed by atoms with Crippen LogP contribution in [0.1, 0.15) is 32.6 Å². The number of hydrogen-bond donors (Lipinski definition) is 0. The second kappa shape index (κ2) is 4.48. The Bertz CT molecular complexity index is 302. The molecule has 96 valence electrons. The first kappa shape index (κ1) is 11.3. The molecule has 3 rings (SSSR count). The number of carbonyl (C=O) groups is 1. The summed E-state index contributed by atoms with van der Waals surface area (Å²) in [7, 11) is 0. The van der Waals surface area contributed by atoms with E-state index in [1.165, 1.54) is 12.8 Å². The lowest BCUT2D eigenvalue weighted by molar-refractivity contribution is 0.0121. The highest BCUT2D eigenvalue weighted by Crippen LogP contribution is 2.33. The summed E-state index contributed by atoms with van der Waals surface area (Å²) in [5.74, 6) is 0.574. The monoisotopic (exact) mass is 238 g/mol. The third-order valence-corrected chi connectivity index (χ3v) is 4.35. The van der Waals surface area contributed by atoms with E-state index in [0.29, 0.717) is 18.1 Å². The SMILES string of the molecule is C[C@H]1C[C@H]2CN(C(=O)N3CCCC3)CC[C@H]2O1. The minimum atomic E-state index is 0.264. The zero-order valence-corrected chi connectivity index (χ0v) is 10.6. The van der Waals surface area contributed by atoms with Gasteiger partial charge in [0.25, 0.3) is 0 Å². The van der Waals surface area contributed by atoms with Crippen LogP contribution in [0.2, 0.25) is 0 Å². The molecule has 0 aromatic heterocycles. The maximum Gasteiger partial charge on any atom is 0.320 e. The molecule has 4 nitrogen and oxygen atoms in total. The summed E-state index contributed by atoms with van der Waals surface area (Å²) >= 11 is 0. The molecule has 0 saturated carbocycles. The maximum absolute atomic E-state index is 12.3. The molecule has 17 heavy (non-hydrogen) atoms. The Labute approximate surface area is 103 Å². The Morgan fingerprint density at radius 2 is 1.94 bits per heavy atom. The van der Waals surface area contributed by atoms with Gasteiger partial charge in [-0.1, -0.05) is 0 Å². The molecule has 3 fully saturated rings. The topological polar surface area (TPSA) is 32.8 Å². The van der Waals surface area contributed by atoms with E-state index in [-0.39, 0.29) is 6.03 Å². The fourth-order valence-electron chi connectivity index (χ4n) is 3.48. The van der Waals surface area contributed by atoms with Crippen molar-refractivity contribution in [2.24, 2.45) is 5.92 Å². The summed E-state index contributed by atoms with van der Waals surface area (Å²) in [6.45, 7) is 5.84. The van der Waals surface area contributed by atoms with Gasteiger partial charge in [0.15, 0.2) is 0 Å². The van der Waals surface area contributed by atoms with E-state index < -0.39 is 0 Å². The van der Waals surface area contributed by atoms with Crippen molar-refractivity contribution in [1.29, 1.82) is 0 Å². The summed E-state index contributed by atoms with van der Waals surface area (Å²) in [6, 6.07) is 0.264. The number of ether oxygens (including phenoxy) is 1. The van der Waals surface area contributed by atoms with Crippen LogP contribution in [0.15, 0.2) is 0 Å². The lowest BCUT2D eigenvalue weighted by Gasteiger charge is -2.36. The molecule has 4 heteroatoms. The Balaban J connectivity index is 1.60. The molecular weight excluding hydrogens is 216 g/mol. The Morgan fingerprint density at radius 3 is 2.71 bits per heavy atom. The number of urea groups is 1. The average molecular weight is 238 g/mol. The maximum atomic E-state index is 12.3. The largest absolute Gasteiger partial charge is 0.375 e. The van der Waals surface area contributed by atoms with Crippen LogP contribution in [-0.4, -0.2) is 54.2 Å². The molecule has 0 spiro atoms. The number of likely N-dealkylation sites (tertiary alicyclic amines) is 2. The zero-order chi connectivity index (χ0) is 11.8. The Hall–Kier alpha value is -0.770. The first-order valence-electron chi connectivity index (χ1n) is 6.93. The van der Waals surface area contributed by atoms with Gasteiger partial charge in [0.1, 0.15) is 0 Å². The molecule has 0 radical (unpaired) electrons. The second-order valence-electron chi connectivity index (χ2n) is 5.69. The summed E-state index contributed by atoms with van der Waals surface area (Å²) in [5.41, 5.74) is 0. The third-order valence-electron chi connectivity index (χ3n) is 4.35. The summed E-state index contributed by atoms with van der Waals surface area (Å²) in [6.07, 6.45) is 5.28. The van der Waals surface area contributed by atoms with Crippen LogP contribution in [0, 0.1) is 5.92 Å². The van der Waals surface area contributed by atoms with Crippen molar-refractivity contribution in [3.63, 3.8) is 0 Å². The van der Waals surface area contributed by atoms with E-state index in [1.807, 2.05) is 9.80 Å². The fraction of sp³-hybridized carbons (Fsp3) is 0.923. The molecule has 3 atom stereocenters. The number of hydrogen-bond acceptors (Lipinski definition) is 2. The molecule has 3 saturated heterocycles. The summed E-state index contributed by atoms with van der Waals surface area (Å²) < 4.78 is 5.87. The predicted molar refractivity (Wildman–Crippen MR) is 64.8 cm³/mol. The van der Waals surface area contributed by atoms with Gasteiger partial charge in [0.2, 0.25) is 0 Å². The van der Waals surface area contributed by atoms with Gasteiger partial charge in [0.05, 0.1) is 12.2 Å². The first-order valence-corrected chi connectivity index (χ1v) is 6.93. The van der Waals surface area contributed by atoms with Crippen LogP contribution in [0.4, 0.5) is 4.79 Å². The van der Waals surface area contributed by atoms with Crippen molar-refractivity contribution >= 4 is 6.03 Å². The zero-order valence-electron chi connectivity index (χ0n) is 10.6. The van der Waals surface area contributed by atoms with Crippen LogP contribution < -0.4 is 0 Å². The molecule has 0 bridgehead atoms. The molecule has 2 amide bonds. The standard InChI is InChI=1S/C13H22N2O2/c1-10-8-11-9-15(7-4-12(11)17-10)13(16)14-5-2-3-6-14/h10-12H,2-9H2,1H3/t10-,11-,12+/m0/s1. The molecule has 3 aliphatic heterocycles. The van der Waals surface area contributed by atoms with E-state index in [0.717, 1.165) is 39.0 Å². The normalized spacial score (nSPS) is 37.4. The smallest absolute Gasteiger partial charge is 0.320 e. The average Bonchev–Trinajstić information content (AvgIpc) is 2.94. The molecule has 0 unspecified atom stereocenters. The third kappa shape index (κ3) is 2.15. The van der Waals surface area contributed by atoms with Crippen LogP contribution in [0.25, 0.3) is 0 Å². The molecular formula is C13H22N2O2. The van der Waals surface area contributed by atoms with Gasteiger partial charge in [-0.05, 0) is 32.6 Å². The molecule has 0 N–H and O–H groups in total. The van der Waals surface area contributed by atoms with Crippen molar-refractivity contribution in [1.82, 2.24) is 9.80 Å². The highest BCUT2D eigenvalue weighted by molar-refractivity contribution is 5.74. The summed E-state index contributed by atoms with van der Waals surface area (Å²) in [4.78, 5) is 16.3. The molecule has 0 aromatic rings. The van der Waals surface area contributed by atoms with Crippen LogP contribution in [0.3, 0.4) is 0 Å². The Morgan fingerprint density at radius 1 is 1.18 bits per heavy atom. The lowest BCUT2D eigenvalue weighted by Crippen LogP contribution is -2.49. The van der Waals surface area contributed by atoms with Gasteiger partial charge in [-0.3, -0.25) is 0 Å². The van der Waals surface area contributed by atoms with Gasteiger partial charge < -0.3 is 14.5 Å². The van der Waals surface area contributed by atoms with Crippen molar-refractivity contribution in [3.05, 3.63) is 0 Å². The van der Waals surface area contributed by atoms with E-state index in [2.05, 4.69) is 6.92 Å². The number of carbonyl (C=O) groups excluding carboxylic acids is 1. The van der Waals surface area contributed by atoms with E-state index in [9.17, 15) is 4.79 Å². The van der Waals surface area contributed by atoms with E-state index in [4.69, 9.17) is 4.74 Å². The van der Waals surface area contributed by atoms with Gasteiger partial charge in [-0.2, -0.15) is 0 Å². The molecule has 0 aliphatic carbocycles. The minimum Gasteiger partial charge on any atom is -0.375 e. The van der Waals surface area contributed by atoms with Crippen molar-refractivity contribution in [2.75, 3.05) is 26.2 Å². The number of rotatable bonds is 0. The fourth-order valence-corrected chi connectivity index (χ4v) is 3.48. The van der Waals surface area contributed by atoms with E-state index in [1.54, 1.807) is 0 Å². The molecule has 0 aromatic carbocycles. The Kier molecular flexibility index (Phi) is 2.99. The first-order chi connectivity index (χ1) is 8.24. The van der Waals surface area contributed by atoms with Crippen molar-refractivity contribution in [2.45, 2.75) is 44.8 Å². The van der Waals surface area contributed by atoms with Crippen LogP contribution in [-0.2, 0) is 4.74 Å². The lowest BCUT2D eigenvalue weighted by atomic mass is 9.93. The van der Waals surface area contributed by atoms with Crippen LogP contribution >= 0.6 is 0 Å². The quantitative estimate of drug-likeness (QED) is 0.643. The van der Waals surface area contributed by atoms with Gasteiger partial charge >= 0.3 is 6.03 Å². The molecule has 3 heterocycles. The van der Waals surface area contributed by atoms with Gasteiger partial charge in [-0.15, -0.1) is 0 Å². The van der Waals surface area contributed by atoms with Gasteiger partial charge in [-0.25, -0.2) is 4.79 Å². The number of fused-ring (bicyclic) bond motifs is 1. The van der Waals surface area contributed by atoms with Crippen molar-refractivity contribution < 1.29 is 9.53 Å².